The Hall–Kier alpha value is -1.16. The molecule has 1 aliphatic rings. The number of carbonyl (C=O) groups excluding carboxylic acids is 1. The third-order valence-corrected chi connectivity index (χ3v) is 6.05. The highest BCUT2D eigenvalue weighted by atomic mass is 79.9. The summed E-state index contributed by atoms with van der Waals surface area (Å²) in [5.74, 6) is -0.466. The number of benzene rings is 1. The minimum absolute atomic E-state index is 0.00708. The largest absolute Gasteiger partial charge is 0.369 e. The van der Waals surface area contributed by atoms with Crippen molar-refractivity contribution in [2.24, 2.45) is 22.5 Å². The lowest BCUT2D eigenvalue weighted by atomic mass is 9.55. The summed E-state index contributed by atoms with van der Waals surface area (Å²) < 4.78 is 14.4. The molecule has 0 aromatic heterocycles. The topological polar surface area (TPSA) is 43.1 Å². The van der Waals surface area contributed by atoms with Gasteiger partial charge in [0.05, 0.1) is 9.89 Å². The first-order valence-electron chi connectivity index (χ1n) is 8.64. The van der Waals surface area contributed by atoms with E-state index in [-0.39, 0.29) is 23.1 Å². The molecule has 0 fully saturated rings. The average Bonchev–Trinajstić information content (AvgIpc) is 2.49. The van der Waals surface area contributed by atoms with Gasteiger partial charge in [0.15, 0.2) is 0 Å². The number of carbonyl (C=O) groups is 1. The number of unbranched alkanes of at least 4 members (excludes halogenated alkanes) is 1. The second-order valence-corrected chi connectivity index (χ2v) is 8.47. The maximum Gasteiger partial charge on any atom is 0.228 e. The van der Waals surface area contributed by atoms with E-state index in [1.807, 2.05) is 12.1 Å². The van der Waals surface area contributed by atoms with Crippen LogP contribution in [0.5, 0.6) is 0 Å². The number of allylic oxidation sites excluding steroid dienone is 1. The smallest absolute Gasteiger partial charge is 0.228 e. The number of amides is 1. The van der Waals surface area contributed by atoms with Gasteiger partial charge in [-0.05, 0) is 64.2 Å². The first-order chi connectivity index (χ1) is 11.2. The zero-order chi connectivity index (χ0) is 18.0. The van der Waals surface area contributed by atoms with Crippen LogP contribution in [0.2, 0.25) is 0 Å². The van der Waals surface area contributed by atoms with Crippen LogP contribution in [0.4, 0.5) is 4.39 Å². The summed E-state index contributed by atoms with van der Waals surface area (Å²) in [5, 5.41) is 0. The molecule has 0 saturated heterocycles. The van der Waals surface area contributed by atoms with E-state index in [2.05, 4.69) is 42.8 Å². The van der Waals surface area contributed by atoms with Gasteiger partial charge >= 0.3 is 0 Å². The van der Waals surface area contributed by atoms with Crippen molar-refractivity contribution in [2.75, 3.05) is 0 Å². The van der Waals surface area contributed by atoms with Crippen LogP contribution >= 0.6 is 15.9 Å². The molecule has 1 aliphatic carbocycles. The minimum Gasteiger partial charge on any atom is -0.369 e. The van der Waals surface area contributed by atoms with Gasteiger partial charge in [-0.25, -0.2) is 4.39 Å². The van der Waals surface area contributed by atoms with Crippen molar-refractivity contribution < 1.29 is 9.18 Å². The van der Waals surface area contributed by atoms with Crippen molar-refractivity contribution in [2.45, 2.75) is 52.9 Å². The Balaban J connectivity index is 2.46. The Kier molecular flexibility index (Phi) is 5.90. The maximum atomic E-state index is 13.9. The summed E-state index contributed by atoms with van der Waals surface area (Å²) >= 11 is 3.18. The quantitative estimate of drug-likeness (QED) is 0.644. The zero-order valence-corrected chi connectivity index (χ0v) is 16.3. The number of hydrogen-bond acceptors (Lipinski definition) is 1. The first kappa shape index (κ1) is 19.2. The molecule has 2 rings (SSSR count). The molecule has 2 nitrogen and oxygen atoms in total. The Morgan fingerprint density at radius 2 is 2.12 bits per heavy atom. The molecule has 132 valence electrons. The number of hydrogen-bond donors (Lipinski definition) is 1. The molecule has 0 radical (unpaired) electrons. The summed E-state index contributed by atoms with van der Waals surface area (Å²) in [6.45, 7) is 6.56. The second-order valence-electron chi connectivity index (χ2n) is 7.62. The predicted molar refractivity (Wildman–Crippen MR) is 100.0 cm³/mol. The number of halogens is 2. The summed E-state index contributed by atoms with van der Waals surface area (Å²) in [6.07, 6.45) is 8.54. The average molecular weight is 396 g/mol. The van der Waals surface area contributed by atoms with Gasteiger partial charge in [0.2, 0.25) is 5.91 Å². The molecule has 0 bridgehead atoms. The third kappa shape index (κ3) is 3.74. The summed E-state index contributed by atoms with van der Waals surface area (Å²) in [7, 11) is 0. The van der Waals surface area contributed by atoms with Crippen LogP contribution in [0.15, 0.2) is 34.8 Å². The van der Waals surface area contributed by atoms with E-state index in [4.69, 9.17) is 5.73 Å². The van der Waals surface area contributed by atoms with Gasteiger partial charge in [-0.3, -0.25) is 4.79 Å². The van der Waals surface area contributed by atoms with Crippen molar-refractivity contribution in [3.63, 3.8) is 0 Å². The number of primary amides is 1. The molecular weight excluding hydrogens is 369 g/mol. The van der Waals surface area contributed by atoms with E-state index in [9.17, 15) is 9.18 Å². The molecular formula is C20H27BrFNO. The van der Waals surface area contributed by atoms with Gasteiger partial charge in [0, 0.05) is 0 Å². The van der Waals surface area contributed by atoms with E-state index in [0.717, 1.165) is 31.2 Å². The summed E-state index contributed by atoms with van der Waals surface area (Å²) in [6, 6.07) is 5.06. The molecule has 4 heteroatoms. The van der Waals surface area contributed by atoms with E-state index in [1.165, 1.54) is 6.07 Å². The van der Waals surface area contributed by atoms with Crippen molar-refractivity contribution in [3.8, 4) is 0 Å². The molecule has 0 aliphatic heterocycles. The van der Waals surface area contributed by atoms with Gasteiger partial charge in [0.1, 0.15) is 5.82 Å². The summed E-state index contributed by atoms with van der Waals surface area (Å²) in [5.41, 5.74) is 5.95. The Labute approximate surface area is 152 Å². The minimum atomic E-state index is -0.753. The fraction of sp³-hybridized carbons (Fsp3) is 0.550. The maximum absolute atomic E-state index is 13.9. The van der Waals surface area contributed by atoms with Crippen molar-refractivity contribution in [1.82, 2.24) is 0 Å². The van der Waals surface area contributed by atoms with Gasteiger partial charge in [-0.1, -0.05) is 51.8 Å². The van der Waals surface area contributed by atoms with Crippen LogP contribution in [0.3, 0.4) is 0 Å². The number of nitrogens with two attached hydrogens (primary N) is 1. The van der Waals surface area contributed by atoms with Crippen molar-refractivity contribution >= 4 is 21.8 Å². The van der Waals surface area contributed by atoms with E-state index in [1.54, 1.807) is 6.07 Å². The van der Waals surface area contributed by atoms with Gasteiger partial charge < -0.3 is 5.73 Å². The fourth-order valence-electron chi connectivity index (χ4n) is 4.10. The van der Waals surface area contributed by atoms with E-state index in [0.29, 0.717) is 10.9 Å². The molecule has 0 spiro atoms. The van der Waals surface area contributed by atoms with Crippen LogP contribution in [-0.2, 0) is 11.2 Å². The molecule has 2 unspecified atom stereocenters. The number of rotatable bonds is 6. The molecule has 0 heterocycles. The predicted octanol–water partition coefficient (Wildman–Crippen LogP) is 5.39. The SMILES string of the molecule is CCCCC1C(C)(C)CC=CC1(Cc1ccc(Br)c(F)c1)C(N)=O. The van der Waals surface area contributed by atoms with Crippen molar-refractivity contribution in [1.29, 1.82) is 0 Å². The highest BCUT2D eigenvalue weighted by Gasteiger charge is 2.50. The van der Waals surface area contributed by atoms with Crippen LogP contribution in [0.25, 0.3) is 0 Å². The Bertz CT molecular complexity index is 641. The highest BCUT2D eigenvalue weighted by Crippen LogP contribution is 2.51. The fourth-order valence-corrected chi connectivity index (χ4v) is 4.34. The van der Waals surface area contributed by atoms with Crippen LogP contribution in [0, 0.1) is 22.6 Å². The standard InChI is InChI=1S/C20H27BrFNO/c1-4-5-7-17-19(2,3)10-6-11-20(17,18(23)24)13-14-8-9-15(21)16(22)12-14/h6,8-9,11-12,17H,4-5,7,10,13H2,1-3H3,(H2,23,24). The van der Waals surface area contributed by atoms with E-state index < -0.39 is 5.41 Å². The van der Waals surface area contributed by atoms with Gasteiger partial charge in [-0.15, -0.1) is 0 Å². The first-order valence-corrected chi connectivity index (χ1v) is 9.44. The van der Waals surface area contributed by atoms with Crippen molar-refractivity contribution in [3.05, 3.63) is 46.2 Å². The Morgan fingerprint density at radius 1 is 1.42 bits per heavy atom. The molecule has 0 saturated carbocycles. The monoisotopic (exact) mass is 395 g/mol. The lowest BCUT2D eigenvalue weighted by Crippen LogP contribution is -2.50. The highest BCUT2D eigenvalue weighted by molar-refractivity contribution is 9.10. The van der Waals surface area contributed by atoms with Gasteiger partial charge in [-0.2, -0.15) is 0 Å². The van der Waals surface area contributed by atoms with E-state index >= 15 is 0 Å². The lowest BCUT2D eigenvalue weighted by Gasteiger charge is -2.48. The second kappa shape index (κ2) is 7.38. The Morgan fingerprint density at radius 3 is 2.71 bits per heavy atom. The molecule has 24 heavy (non-hydrogen) atoms. The molecule has 2 N–H and O–H groups in total. The molecule has 2 atom stereocenters. The molecule has 1 amide bonds. The molecule has 1 aromatic carbocycles. The van der Waals surface area contributed by atoms with Crippen LogP contribution in [0.1, 0.15) is 52.0 Å². The van der Waals surface area contributed by atoms with Crippen LogP contribution in [-0.4, -0.2) is 5.91 Å². The summed E-state index contributed by atoms with van der Waals surface area (Å²) in [4.78, 5) is 12.6. The third-order valence-electron chi connectivity index (χ3n) is 5.41. The zero-order valence-electron chi connectivity index (χ0n) is 14.7. The molecule has 1 aromatic rings. The lowest BCUT2D eigenvalue weighted by molar-refractivity contribution is -0.131. The van der Waals surface area contributed by atoms with Crippen LogP contribution < -0.4 is 5.73 Å². The normalized spacial score (nSPS) is 25.6. The van der Waals surface area contributed by atoms with Gasteiger partial charge in [0.25, 0.3) is 0 Å².